The number of aromatic nitrogens is 2. The molecule has 0 bridgehead atoms. The molecule has 1 aromatic carbocycles. The first-order valence-electron chi connectivity index (χ1n) is 7.73. The molecule has 1 heterocycles. The number of carbonyl (C=O) groups excluding carboxylic acids is 2. The van der Waals surface area contributed by atoms with E-state index in [-0.39, 0.29) is 5.91 Å². The van der Waals surface area contributed by atoms with Crippen molar-refractivity contribution in [1.82, 2.24) is 20.6 Å². The van der Waals surface area contributed by atoms with Crippen LogP contribution in [0.25, 0.3) is 0 Å². The predicted octanol–water partition coefficient (Wildman–Crippen LogP) is 1.70. The lowest BCUT2D eigenvalue weighted by molar-refractivity contribution is -0.109. The van der Waals surface area contributed by atoms with Crippen molar-refractivity contribution in [2.24, 2.45) is 0 Å². The first kappa shape index (κ1) is 17.4. The number of hydrogen-bond donors (Lipinski definition) is 3. The summed E-state index contributed by atoms with van der Waals surface area (Å²) in [6, 6.07) is 9.04. The third-order valence-electron chi connectivity index (χ3n) is 3.23. The second kappa shape index (κ2) is 8.61. The summed E-state index contributed by atoms with van der Waals surface area (Å²) in [4.78, 5) is 30.9. The molecule has 126 valence electrons. The van der Waals surface area contributed by atoms with Crippen molar-refractivity contribution in [2.45, 2.75) is 20.3 Å². The molecule has 24 heavy (non-hydrogen) atoms. The number of nitrogens with one attached hydrogen (secondary N) is 3. The van der Waals surface area contributed by atoms with Gasteiger partial charge in [-0.25, -0.2) is 9.97 Å². The Bertz CT molecular complexity index is 698. The maximum Gasteiger partial charge on any atom is 0.251 e. The van der Waals surface area contributed by atoms with E-state index in [0.29, 0.717) is 37.4 Å². The number of benzene rings is 1. The molecule has 0 aliphatic carbocycles. The quantitative estimate of drug-likeness (QED) is 0.507. The van der Waals surface area contributed by atoms with Gasteiger partial charge in [0.2, 0.25) is 12.4 Å². The Kier molecular flexibility index (Phi) is 6.24. The second-order valence-corrected chi connectivity index (χ2v) is 5.36. The zero-order valence-electron chi connectivity index (χ0n) is 13.8. The van der Waals surface area contributed by atoms with Crippen molar-refractivity contribution < 1.29 is 9.59 Å². The topological polar surface area (TPSA) is 96.0 Å². The van der Waals surface area contributed by atoms with Crippen molar-refractivity contribution in [3.8, 4) is 0 Å². The lowest BCUT2D eigenvalue weighted by atomic mass is 10.2. The van der Waals surface area contributed by atoms with Crippen molar-refractivity contribution in [1.29, 1.82) is 0 Å². The van der Waals surface area contributed by atoms with E-state index in [2.05, 4.69) is 25.9 Å². The van der Waals surface area contributed by atoms with Crippen LogP contribution in [0, 0.1) is 13.8 Å². The van der Waals surface area contributed by atoms with Gasteiger partial charge in [0.1, 0.15) is 0 Å². The van der Waals surface area contributed by atoms with Gasteiger partial charge < -0.3 is 16.0 Å². The van der Waals surface area contributed by atoms with Crippen molar-refractivity contribution >= 4 is 24.0 Å². The zero-order chi connectivity index (χ0) is 17.4. The number of aryl methyl sites for hydroxylation is 2. The van der Waals surface area contributed by atoms with E-state index >= 15 is 0 Å². The minimum absolute atomic E-state index is 0.161. The highest BCUT2D eigenvalue weighted by Crippen LogP contribution is 2.15. The molecule has 0 saturated carbocycles. The maximum atomic E-state index is 12.1. The standard InChI is InChI=1S/C17H21N5O2/c1-12-9-13(2)21-17(20-12)22-15-6-3-5-14(10-15)16(24)19-8-4-7-18-11-23/h3,5-6,9-11H,4,7-8H2,1-2H3,(H,18,23)(H,19,24)(H,20,21,22). The average molecular weight is 327 g/mol. The normalized spacial score (nSPS) is 10.1. The molecule has 0 fully saturated rings. The van der Waals surface area contributed by atoms with Gasteiger partial charge in [0.25, 0.3) is 5.91 Å². The van der Waals surface area contributed by atoms with Crippen LogP contribution in [0.4, 0.5) is 11.6 Å². The maximum absolute atomic E-state index is 12.1. The highest BCUT2D eigenvalue weighted by molar-refractivity contribution is 5.95. The fourth-order valence-electron chi connectivity index (χ4n) is 2.20. The summed E-state index contributed by atoms with van der Waals surface area (Å²) in [5.74, 6) is 0.344. The first-order valence-corrected chi connectivity index (χ1v) is 7.73. The Morgan fingerprint density at radius 2 is 1.88 bits per heavy atom. The SMILES string of the molecule is Cc1cc(C)nc(Nc2cccc(C(=O)NCCCNC=O)c2)n1. The Balaban J connectivity index is 1.97. The lowest BCUT2D eigenvalue weighted by Crippen LogP contribution is -2.27. The van der Waals surface area contributed by atoms with E-state index < -0.39 is 0 Å². The number of rotatable bonds is 8. The second-order valence-electron chi connectivity index (χ2n) is 5.36. The molecule has 0 aliphatic rings. The molecule has 2 aromatic rings. The van der Waals surface area contributed by atoms with E-state index in [1.807, 2.05) is 26.0 Å². The molecule has 7 heteroatoms. The van der Waals surface area contributed by atoms with E-state index in [1.165, 1.54) is 0 Å². The Morgan fingerprint density at radius 3 is 2.58 bits per heavy atom. The number of amides is 2. The average Bonchev–Trinajstić information content (AvgIpc) is 2.54. The molecule has 0 radical (unpaired) electrons. The third kappa shape index (κ3) is 5.35. The molecule has 3 N–H and O–H groups in total. The summed E-state index contributed by atoms with van der Waals surface area (Å²) in [5, 5.41) is 8.48. The van der Waals surface area contributed by atoms with Gasteiger partial charge in [-0.2, -0.15) is 0 Å². The monoisotopic (exact) mass is 327 g/mol. The third-order valence-corrected chi connectivity index (χ3v) is 3.23. The van der Waals surface area contributed by atoms with Crippen LogP contribution in [0.2, 0.25) is 0 Å². The lowest BCUT2D eigenvalue weighted by Gasteiger charge is -2.09. The van der Waals surface area contributed by atoms with Gasteiger partial charge in [-0.3, -0.25) is 9.59 Å². The Labute approximate surface area is 140 Å². The number of carbonyl (C=O) groups is 2. The Hall–Kier alpha value is -2.96. The van der Waals surface area contributed by atoms with Gasteiger partial charge in [-0.1, -0.05) is 6.07 Å². The minimum atomic E-state index is -0.161. The molecular weight excluding hydrogens is 306 g/mol. The molecule has 2 amide bonds. The summed E-state index contributed by atoms with van der Waals surface area (Å²) < 4.78 is 0. The largest absolute Gasteiger partial charge is 0.359 e. The fraction of sp³-hybridized carbons (Fsp3) is 0.294. The molecule has 2 rings (SSSR count). The molecule has 0 unspecified atom stereocenters. The summed E-state index contributed by atoms with van der Waals surface area (Å²) >= 11 is 0. The summed E-state index contributed by atoms with van der Waals surface area (Å²) in [5.41, 5.74) is 3.05. The fourth-order valence-corrected chi connectivity index (χ4v) is 2.20. The van der Waals surface area contributed by atoms with Gasteiger partial charge in [0.15, 0.2) is 0 Å². The van der Waals surface area contributed by atoms with Crippen molar-refractivity contribution in [3.05, 3.63) is 47.3 Å². The van der Waals surface area contributed by atoms with Crippen molar-refractivity contribution in [2.75, 3.05) is 18.4 Å². The smallest absolute Gasteiger partial charge is 0.251 e. The van der Waals surface area contributed by atoms with Gasteiger partial charge >= 0.3 is 0 Å². The summed E-state index contributed by atoms with van der Waals surface area (Å²) in [7, 11) is 0. The number of anilines is 2. The highest BCUT2D eigenvalue weighted by Gasteiger charge is 2.07. The summed E-state index contributed by atoms with van der Waals surface area (Å²) in [6.07, 6.45) is 1.32. The molecule has 0 saturated heterocycles. The van der Waals surface area contributed by atoms with Crippen LogP contribution in [-0.2, 0) is 4.79 Å². The van der Waals surface area contributed by atoms with E-state index in [1.54, 1.807) is 18.2 Å². The molecule has 0 aliphatic heterocycles. The van der Waals surface area contributed by atoms with Gasteiger partial charge in [-0.15, -0.1) is 0 Å². The molecular formula is C17H21N5O2. The van der Waals surface area contributed by atoms with Crippen LogP contribution in [0.5, 0.6) is 0 Å². The summed E-state index contributed by atoms with van der Waals surface area (Å²) in [6.45, 7) is 4.85. The van der Waals surface area contributed by atoms with Crippen LogP contribution in [-0.4, -0.2) is 35.4 Å². The van der Waals surface area contributed by atoms with Crippen LogP contribution in [0.3, 0.4) is 0 Å². The predicted molar refractivity (Wildman–Crippen MR) is 92.2 cm³/mol. The van der Waals surface area contributed by atoms with Crippen LogP contribution in [0.1, 0.15) is 28.2 Å². The van der Waals surface area contributed by atoms with Crippen LogP contribution in [0.15, 0.2) is 30.3 Å². The van der Waals surface area contributed by atoms with E-state index in [0.717, 1.165) is 17.1 Å². The number of hydrogen-bond acceptors (Lipinski definition) is 5. The first-order chi connectivity index (χ1) is 11.6. The highest BCUT2D eigenvalue weighted by atomic mass is 16.1. The molecule has 0 atom stereocenters. The van der Waals surface area contributed by atoms with Crippen molar-refractivity contribution in [3.63, 3.8) is 0 Å². The zero-order valence-corrected chi connectivity index (χ0v) is 13.8. The van der Waals surface area contributed by atoms with E-state index in [9.17, 15) is 9.59 Å². The van der Waals surface area contributed by atoms with Gasteiger partial charge in [-0.05, 0) is 44.5 Å². The van der Waals surface area contributed by atoms with Gasteiger partial charge in [0, 0.05) is 35.7 Å². The van der Waals surface area contributed by atoms with Gasteiger partial charge in [0.05, 0.1) is 0 Å². The van der Waals surface area contributed by atoms with Crippen LogP contribution < -0.4 is 16.0 Å². The molecule has 7 nitrogen and oxygen atoms in total. The van der Waals surface area contributed by atoms with Crippen LogP contribution >= 0.6 is 0 Å². The van der Waals surface area contributed by atoms with E-state index in [4.69, 9.17) is 0 Å². The molecule has 1 aromatic heterocycles. The number of nitrogens with zero attached hydrogens (tertiary/aromatic N) is 2. The Morgan fingerprint density at radius 1 is 1.12 bits per heavy atom. The molecule has 0 spiro atoms. The minimum Gasteiger partial charge on any atom is -0.359 e.